The molecular weight excluding hydrogens is 308 g/mol. The first-order valence-electron chi connectivity index (χ1n) is 11.1. The van der Waals surface area contributed by atoms with Gasteiger partial charge >= 0.3 is 0 Å². The largest absolute Gasteiger partial charge is 0.291 e. The number of nitrogens with one attached hydrogen (secondary N) is 3. The predicted octanol–water partition coefficient (Wildman–Crippen LogP) is 4.58. The first-order chi connectivity index (χ1) is 12.3. The summed E-state index contributed by atoms with van der Waals surface area (Å²) in [7, 11) is 0. The van der Waals surface area contributed by atoms with Crippen molar-refractivity contribution in [2.45, 2.75) is 97.1 Å². The fourth-order valence-corrected chi connectivity index (χ4v) is 5.36. The number of fused-ring (bicyclic) bond motifs is 1. The first kappa shape index (κ1) is 19.2. The van der Waals surface area contributed by atoms with Crippen LogP contribution >= 0.6 is 0 Å². The van der Waals surface area contributed by atoms with E-state index >= 15 is 0 Å². The SMILES string of the molecule is CCCC(CC(C)C1CCCCC1)=NNC1NNCC2CCCCC21. The van der Waals surface area contributed by atoms with Gasteiger partial charge in [0.1, 0.15) is 6.17 Å². The molecule has 0 aromatic heterocycles. The Morgan fingerprint density at radius 2 is 1.84 bits per heavy atom. The van der Waals surface area contributed by atoms with Gasteiger partial charge in [0.05, 0.1) is 0 Å². The van der Waals surface area contributed by atoms with E-state index in [2.05, 4.69) is 30.1 Å². The molecule has 4 nitrogen and oxygen atoms in total. The molecule has 2 saturated carbocycles. The Hall–Kier alpha value is -0.610. The van der Waals surface area contributed by atoms with Gasteiger partial charge in [-0.05, 0) is 49.4 Å². The van der Waals surface area contributed by atoms with E-state index in [4.69, 9.17) is 5.10 Å². The van der Waals surface area contributed by atoms with Crippen LogP contribution in [0.1, 0.15) is 90.9 Å². The van der Waals surface area contributed by atoms with Crippen molar-refractivity contribution in [3.05, 3.63) is 0 Å². The van der Waals surface area contributed by atoms with Crippen molar-refractivity contribution in [3.8, 4) is 0 Å². The molecule has 0 radical (unpaired) electrons. The molecule has 4 unspecified atom stereocenters. The van der Waals surface area contributed by atoms with Gasteiger partial charge in [0.15, 0.2) is 0 Å². The lowest BCUT2D eigenvalue weighted by Crippen LogP contribution is -2.61. The molecule has 0 spiro atoms. The monoisotopic (exact) mass is 348 g/mol. The maximum absolute atomic E-state index is 4.93. The third kappa shape index (κ3) is 5.43. The smallest absolute Gasteiger partial charge is 0.109 e. The van der Waals surface area contributed by atoms with Crippen LogP contribution in [0.4, 0.5) is 0 Å². The molecule has 0 amide bonds. The average molecular weight is 349 g/mol. The molecule has 3 fully saturated rings. The van der Waals surface area contributed by atoms with E-state index in [9.17, 15) is 0 Å². The topological polar surface area (TPSA) is 48.5 Å². The van der Waals surface area contributed by atoms with Gasteiger partial charge < -0.3 is 0 Å². The Morgan fingerprint density at radius 1 is 1.08 bits per heavy atom. The lowest BCUT2D eigenvalue weighted by molar-refractivity contribution is 0.0994. The van der Waals surface area contributed by atoms with Gasteiger partial charge in [-0.1, -0.05) is 65.2 Å². The molecule has 3 rings (SSSR count). The quantitative estimate of drug-likeness (QED) is 0.466. The summed E-state index contributed by atoms with van der Waals surface area (Å²) < 4.78 is 0. The minimum absolute atomic E-state index is 0.302. The second-order valence-electron chi connectivity index (χ2n) is 8.85. The number of hydrazone groups is 1. The second-order valence-corrected chi connectivity index (χ2v) is 8.85. The fraction of sp³-hybridized carbons (Fsp3) is 0.952. The molecule has 2 aliphatic carbocycles. The van der Waals surface area contributed by atoms with Gasteiger partial charge in [0, 0.05) is 12.3 Å². The highest BCUT2D eigenvalue weighted by Crippen LogP contribution is 2.33. The van der Waals surface area contributed by atoms with Crippen LogP contribution in [0.25, 0.3) is 0 Å². The Morgan fingerprint density at radius 3 is 2.64 bits per heavy atom. The number of hydrazine groups is 1. The summed E-state index contributed by atoms with van der Waals surface area (Å²) in [5.41, 5.74) is 11.8. The summed E-state index contributed by atoms with van der Waals surface area (Å²) in [5.74, 6) is 3.26. The van der Waals surface area contributed by atoms with E-state index in [0.717, 1.165) is 36.6 Å². The van der Waals surface area contributed by atoms with Crippen LogP contribution in [0.2, 0.25) is 0 Å². The molecule has 25 heavy (non-hydrogen) atoms. The van der Waals surface area contributed by atoms with Crippen LogP contribution in [-0.4, -0.2) is 18.4 Å². The van der Waals surface area contributed by atoms with Crippen LogP contribution in [0.5, 0.6) is 0 Å². The van der Waals surface area contributed by atoms with E-state index in [1.165, 1.54) is 76.3 Å². The van der Waals surface area contributed by atoms with Crippen molar-refractivity contribution in [1.29, 1.82) is 0 Å². The van der Waals surface area contributed by atoms with E-state index in [1.54, 1.807) is 0 Å². The molecule has 1 aliphatic heterocycles. The molecule has 3 N–H and O–H groups in total. The van der Waals surface area contributed by atoms with Crippen molar-refractivity contribution < 1.29 is 0 Å². The molecule has 0 aromatic rings. The summed E-state index contributed by atoms with van der Waals surface area (Å²) >= 11 is 0. The lowest BCUT2D eigenvalue weighted by Gasteiger charge is -2.41. The van der Waals surface area contributed by atoms with Gasteiger partial charge in [-0.25, -0.2) is 5.43 Å². The van der Waals surface area contributed by atoms with Crippen molar-refractivity contribution in [2.24, 2.45) is 28.8 Å². The minimum atomic E-state index is 0.302. The van der Waals surface area contributed by atoms with Crippen LogP contribution < -0.4 is 16.3 Å². The van der Waals surface area contributed by atoms with Gasteiger partial charge in [-0.15, -0.1) is 0 Å². The Kier molecular flexibility index (Phi) is 7.60. The lowest BCUT2D eigenvalue weighted by atomic mass is 9.77. The van der Waals surface area contributed by atoms with Crippen molar-refractivity contribution >= 4 is 5.71 Å². The maximum atomic E-state index is 4.93. The number of rotatable bonds is 7. The number of hydrogen-bond acceptors (Lipinski definition) is 4. The maximum Gasteiger partial charge on any atom is 0.109 e. The van der Waals surface area contributed by atoms with Gasteiger partial charge in [-0.3, -0.25) is 10.9 Å². The predicted molar refractivity (Wildman–Crippen MR) is 106 cm³/mol. The van der Waals surface area contributed by atoms with Crippen LogP contribution in [-0.2, 0) is 0 Å². The van der Waals surface area contributed by atoms with Crippen LogP contribution in [0.3, 0.4) is 0 Å². The van der Waals surface area contributed by atoms with Crippen molar-refractivity contribution in [3.63, 3.8) is 0 Å². The van der Waals surface area contributed by atoms with Gasteiger partial charge in [0.25, 0.3) is 0 Å². The molecule has 3 aliphatic rings. The highest BCUT2D eigenvalue weighted by atomic mass is 15.5. The number of hydrogen-bond donors (Lipinski definition) is 3. The molecule has 4 heteroatoms. The summed E-state index contributed by atoms with van der Waals surface area (Å²) in [6.45, 7) is 5.85. The highest BCUT2D eigenvalue weighted by molar-refractivity contribution is 5.84. The molecule has 4 atom stereocenters. The van der Waals surface area contributed by atoms with Crippen LogP contribution in [0.15, 0.2) is 5.10 Å². The van der Waals surface area contributed by atoms with Crippen molar-refractivity contribution in [1.82, 2.24) is 16.3 Å². The highest BCUT2D eigenvalue weighted by Gasteiger charge is 2.34. The molecular formula is C21H40N4. The molecule has 1 heterocycles. The van der Waals surface area contributed by atoms with E-state index < -0.39 is 0 Å². The summed E-state index contributed by atoms with van der Waals surface area (Å²) in [5, 5.41) is 4.93. The molecule has 144 valence electrons. The van der Waals surface area contributed by atoms with Gasteiger partial charge in [0.2, 0.25) is 0 Å². The molecule has 0 aromatic carbocycles. The molecule has 1 saturated heterocycles. The van der Waals surface area contributed by atoms with Gasteiger partial charge in [-0.2, -0.15) is 5.10 Å². The Bertz CT molecular complexity index is 414. The van der Waals surface area contributed by atoms with E-state index in [-0.39, 0.29) is 0 Å². The summed E-state index contributed by atoms with van der Waals surface area (Å²) in [4.78, 5) is 0. The summed E-state index contributed by atoms with van der Waals surface area (Å²) in [6.07, 6.45) is 16.5. The zero-order chi connectivity index (χ0) is 17.5. The minimum Gasteiger partial charge on any atom is -0.291 e. The molecule has 0 bridgehead atoms. The third-order valence-electron chi connectivity index (χ3n) is 6.93. The Balaban J connectivity index is 1.55. The van der Waals surface area contributed by atoms with Crippen molar-refractivity contribution in [2.75, 3.05) is 6.54 Å². The fourth-order valence-electron chi connectivity index (χ4n) is 5.36. The normalized spacial score (nSPS) is 32.9. The second kappa shape index (κ2) is 9.91. The van der Waals surface area contributed by atoms with E-state index in [1.807, 2.05) is 0 Å². The van der Waals surface area contributed by atoms with E-state index in [0.29, 0.717) is 6.17 Å². The standard InChI is InChI=1S/C21H40N4/c1-3-9-19(14-16(2)17-10-5-4-6-11-17)23-25-21-20-13-8-7-12-18(20)15-22-24-21/h16-18,20-22,24-25H,3-15H2,1-2H3. The first-order valence-corrected chi connectivity index (χ1v) is 11.1. The third-order valence-corrected chi connectivity index (χ3v) is 6.93. The van der Waals surface area contributed by atoms with Crippen LogP contribution in [0, 0.1) is 23.7 Å². The zero-order valence-corrected chi connectivity index (χ0v) is 16.5. The zero-order valence-electron chi connectivity index (χ0n) is 16.5. The Labute approximate surface area is 155 Å². The summed E-state index contributed by atoms with van der Waals surface area (Å²) in [6, 6.07) is 0. The number of nitrogens with zero attached hydrogens (tertiary/aromatic N) is 1. The average Bonchev–Trinajstić information content (AvgIpc) is 2.67.